The van der Waals surface area contributed by atoms with Gasteiger partial charge < -0.3 is 29.5 Å². The van der Waals surface area contributed by atoms with Gasteiger partial charge in [0.2, 0.25) is 11.8 Å². The number of nitrogens with zero attached hydrogens (tertiary/aromatic N) is 4. The Labute approximate surface area is 242 Å². The normalized spacial score (nSPS) is 13.4. The van der Waals surface area contributed by atoms with Crippen LogP contribution in [0.4, 0.5) is 22.1 Å². The van der Waals surface area contributed by atoms with E-state index >= 15 is 0 Å². The number of ether oxygens (including phenoxy) is 3. The van der Waals surface area contributed by atoms with Gasteiger partial charge in [-0.2, -0.15) is 4.98 Å². The van der Waals surface area contributed by atoms with E-state index in [1.807, 2.05) is 24.3 Å². The number of likely N-dealkylation sites (N-methyl/N-ethyl adjacent to an activating group) is 1. The van der Waals surface area contributed by atoms with Gasteiger partial charge in [0.1, 0.15) is 11.5 Å². The maximum absolute atomic E-state index is 13.2. The molecule has 2 amide bonds. The Hall–Kier alpha value is -4.94. The molecule has 0 atom stereocenters. The van der Waals surface area contributed by atoms with E-state index < -0.39 is 6.09 Å². The molecule has 0 aliphatic carbocycles. The molecule has 0 radical (unpaired) electrons. The van der Waals surface area contributed by atoms with Crippen LogP contribution >= 0.6 is 0 Å². The van der Waals surface area contributed by atoms with Crippen LogP contribution in [-0.2, 0) is 4.74 Å². The zero-order valence-corrected chi connectivity index (χ0v) is 23.4. The Bertz CT molecular complexity index is 1580. The van der Waals surface area contributed by atoms with Crippen LogP contribution in [0.5, 0.6) is 17.4 Å². The summed E-state index contributed by atoms with van der Waals surface area (Å²) >= 11 is 0. The predicted molar refractivity (Wildman–Crippen MR) is 158 cm³/mol. The van der Waals surface area contributed by atoms with E-state index in [0.29, 0.717) is 59.0 Å². The zero-order chi connectivity index (χ0) is 29.5. The average Bonchev–Trinajstić information content (AvgIpc) is 3.01. The Morgan fingerprint density at radius 1 is 1.07 bits per heavy atom. The molecule has 0 saturated carbocycles. The van der Waals surface area contributed by atoms with Crippen LogP contribution in [0.25, 0.3) is 10.8 Å². The lowest BCUT2D eigenvalue weighted by atomic mass is 10.1. The van der Waals surface area contributed by atoms with Crippen LogP contribution < -0.4 is 20.1 Å². The fourth-order valence-corrected chi connectivity index (χ4v) is 4.64. The maximum atomic E-state index is 13.2. The smallest absolute Gasteiger partial charge is 0.409 e. The van der Waals surface area contributed by atoms with E-state index in [1.54, 1.807) is 61.7 Å². The first-order valence-corrected chi connectivity index (χ1v) is 13.4. The van der Waals surface area contributed by atoms with Crippen molar-refractivity contribution < 1.29 is 28.9 Å². The molecule has 2 heterocycles. The van der Waals surface area contributed by atoms with Crippen LogP contribution in [0.2, 0.25) is 0 Å². The standard InChI is InChI=1S/C30H32N6O6/c1-35(11-12-36-13-15-41-16-14-36)28(37)20-17-21(19-22(18-20)40-2)32-29-31-10-9-27(34-29)42-26-8-7-25(33-30(38)39)23-5-3-4-6-24(23)26/h3-10,17-19,33H,11-16H2,1-2H3,(H,38,39)(H,31,32,34). The number of rotatable bonds is 10. The Morgan fingerprint density at radius 3 is 2.62 bits per heavy atom. The highest BCUT2D eigenvalue weighted by Crippen LogP contribution is 2.34. The number of amides is 2. The molecule has 3 aromatic carbocycles. The molecular weight excluding hydrogens is 540 g/mol. The van der Waals surface area contributed by atoms with E-state index in [2.05, 4.69) is 25.5 Å². The summed E-state index contributed by atoms with van der Waals surface area (Å²) in [7, 11) is 3.33. The molecule has 0 spiro atoms. The summed E-state index contributed by atoms with van der Waals surface area (Å²) in [6.45, 7) is 4.51. The minimum Gasteiger partial charge on any atom is -0.497 e. The first-order valence-electron chi connectivity index (χ1n) is 13.4. The van der Waals surface area contributed by atoms with Crippen LogP contribution in [-0.4, -0.2) is 90.4 Å². The third kappa shape index (κ3) is 7.03. The summed E-state index contributed by atoms with van der Waals surface area (Å²) in [5.41, 5.74) is 1.49. The van der Waals surface area contributed by atoms with Gasteiger partial charge in [-0.1, -0.05) is 24.3 Å². The first-order chi connectivity index (χ1) is 20.4. The van der Waals surface area contributed by atoms with E-state index in [-0.39, 0.29) is 17.7 Å². The molecule has 42 heavy (non-hydrogen) atoms. The summed E-state index contributed by atoms with van der Waals surface area (Å²) in [6, 6.07) is 17.4. The van der Waals surface area contributed by atoms with Crippen molar-refractivity contribution in [3.05, 3.63) is 72.4 Å². The third-order valence-corrected chi connectivity index (χ3v) is 6.82. The molecule has 0 bridgehead atoms. The molecular formula is C30H32N6O6. The number of aromatic nitrogens is 2. The van der Waals surface area contributed by atoms with Gasteiger partial charge in [0.05, 0.1) is 26.0 Å². The molecule has 3 N–H and O–H groups in total. The molecule has 1 aliphatic heterocycles. The number of nitrogens with one attached hydrogen (secondary N) is 2. The summed E-state index contributed by atoms with van der Waals surface area (Å²) in [6.07, 6.45) is 0.404. The topological polar surface area (TPSA) is 138 Å². The van der Waals surface area contributed by atoms with Gasteiger partial charge in [-0.25, -0.2) is 9.78 Å². The molecule has 0 unspecified atom stereocenters. The zero-order valence-electron chi connectivity index (χ0n) is 23.4. The van der Waals surface area contributed by atoms with E-state index in [0.717, 1.165) is 19.6 Å². The van der Waals surface area contributed by atoms with E-state index in [1.165, 1.54) is 0 Å². The second-order valence-corrected chi connectivity index (χ2v) is 9.66. The van der Waals surface area contributed by atoms with Crippen LogP contribution in [0.1, 0.15) is 10.4 Å². The molecule has 12 nitrogen and oxygen atoms in total. The van der Waals surface area contributed by atoms with Crippen molar-refractivity contribution in [2.24, 2.45) is 0 Å². The van der Waals surface area contributed by atoms with Crippen molar-refractivity contribution in [1.29, 1.82) is 0 Å². The number of benzene rings is 3. The van der Waals surface area contributed by atoms with Crippen molar-refractivity contribution in [3.63, 3.8) is 0 Å². The number of hydrogen-bond acceptors (Lipinski definition) is 9. The van der Waals surface area contributed by atoms with Gasteiger partial charge in [-0.05, 0) is 24.3 Å². The van der Waals surface area contributed by atoms with Crippen molar-refractivity contribution in [1.82, 2.24) is 19.8 Å². The molecule has 4 aromatic rings. The fraction of sp³-hybridized carbons (Fsp3) is 0.267. The number of fused-ring (bicyclic) bond motifs is 1. The molecule has 1 saturated heterocycles. The molecule has 218 valence electrons. The van der Waals surface area contributed by atoms with E-state index in [9.17, 15) is 9.59 Å². The maximum Gasteiger partial charge on any atom is 0.409 e. The fourth-order valence-electron chi connectivity index (χ4n) is 4.64. The van der Waals surface area contributed by atoms with Gasteiger partial charge in [0.25, 0.3) is 5.91 Å². The molecule has 12 heteroatoms. The van der Waals surface area contributed by atoms with Crippen molar-refractivity contribution >= 4 is 40.1 Å². The van der Waals surface area contributed by atoms with Gasteiger partial charge in [0, 0.05) is 73.6 Å². The van der Waals surface area contributed by atoms with Gasteiger partial charge in [0.15, 0.2) is 0 Å². The summed E-state index contributed by atoms with van der Waals surface area (Å²) < 4.78 is 16.9. The number of carboxylic acid groups (broad SMARTS) is 1. The quantitative estimate of drug-likeness (QED) is 0.246. The van der Waals surface area contributed by atoms with Gasteiger partial charge in [-0.15, -0.1) is 0 Å². The highest BCUT2D eigenvalue weighted by molar-refractivity contribution is 6.02. The lowest BCUT2D eigenvalue weighted by molar-refractivity contribution is 0.0338. The van der Waals surface area contributed by atoms with Gasteiger partial charge in [-0.3, -0.25) is 15.0 Å². The summed E-state index contributed by atoms with van der Waals surface area (Å²) in [5.74, 6) is 1.42. The van der Waals surface area contributed by atoms with Gasteiger partial charge >= 0.3 is 6.09 Å². The van der Waals surface area contributed by atoms with E-state index in [4.69, 9.17) is 19.3 Å². The Kier molecular flexibility index (Phi) is 8.95. The first kappa shape index (κ1) is 28.6. The number of methoxy groups -OCH3 is 1. The number of hydrogen-bond donors (Lipinski definition) is 3. The number of anilines is 3. The molecule has 1 aliphatic rings. The second-order valence-electron chi connectivity index (χ2n) is 9.66. The number of morpholine rings is 1. The molecule has 1 fully saturated rings. The summed E-state index contributed by atoms with van der Waals surface area (Å²) in [4.78, 5) is 37.2. The second kappa shape index (κ2) is 13.1. The average molecular weight is 573 g/mol. The van der Waals surface area contributed by atoms with Crippen LogP contribution in [0, 0.1) is 0 Å². The van der Waals surface area contributed by atoms with Crippen molar-refractivity contribution in [2.75, 3.05) is 64.2 Å². The third-order valence-electron chi connectivity index (χ3n) is 6.82. The lowest BCUT2D eigenvalue weighted by Crippen LogP contribution is -2.41. The highest BCUT2D eigenvalue weighted by atomic mass is 16.5. The molecule has 1 aromatic heterocycles. The van der Waals surface area contributed by atoms with Crippen LogP contribution in [0.15, 0.2) is 66.9 Å². The Morgan fingerprint density at radius 2 is 1.86 bits per heavy atom. The number of carbonyl (C=O) groups excluding carboxylic acids is 1. The van der Waals surface area contributed by atoms with Crippen molar-refractivity contribution in [3.8, 4) is 17.4 Å². The highest BCUT2D eigenvalue weighted by Gasteiger charge is 2.17. The minimum absolute atomic E-state index is 0.129. The largest absolute Gasteiger partial charge is 0.497 e. The van der Waals surface area contributed by atoms with Crippen molar-refractivity contribution in [2.45, 2.75) is 0 Å². The SMILES string of the molecule is COc1cc(Nc2nccc(Oc3ccc(NC(=O)O)c4ccccc34)n2)cc(C(=O)N(C)CCN2CCOCC2)c1. The summed E-state index contributed by atoms with van der Waals surface area (Å²) in [5, 5.41) is 16.1. The molecule has 5 rings (SSSR count). The Balaban J connectivity index is 1.31. The predicted octanol–water partition coefficient (Wildman–Crippen LogP) is 4.67. The number of carbonyl (C=O) groups is 2. The lowest BCUT2D eigenvalue weighted by Gasteiger charge is -2.28. The monoisotopic (exact) mass is 572 g/mol. The van der Waals surface area contributed by atoms with Crippen LogP contribution in [0.3, 0.4) is 0 Å². The minimum atomic E-state index is -1.15.